The number of amides is 2. The van der Waals surface area contributed by atoms with Crippen LogP contribution in [-0.4, -0.2) is 48.9 Å². The Kier molecular flexibility index (Phi) is 5.19. The lowest BCUT2D eigenvalue weighted by Crippen LogP contribution is -2.48. The zero-order chi connectivity index (χ0) is 17.8. The number of methoxy groups -OCH3 is 1. The Morgan fingerprint density at radius 1 is 1.32 bits per heavy atom. The van der Waals surface area contributed by atoms with Crippen molar-refractivity contribution in [2.24, 2.45) is 0 Å². The van der Waals surface area contributed by atoms with E-state index in [1.807, 2.05) is 30.3 Å². The highest BCUT2D eigenvalue weighted by Crippen LogP contribution is 2.32. The topological polar surface area (TPSA) is 63.0 Å². The minimum absolute atomic E-state index is 0.0551. The molecule has 3 rings (SSSR count). The van der Waals surface area contributed by atoms with Crippen molar-refractivity contribution in [3.8, 4) is 0 Å². The molecule has 0 unspecified atom stereocenters. The second kappa shape index (κ2) is 7.53. The van der Waals surface area contributed by atoms with Gasteiger partial charge < -0.3 is 19.0 Å². The van der Waals surface area contributed by atoms with Crippen molar-refractivity contribution in [3.05, 3.63) is 59.5 Å². The zero-order valence-electron chi connectivity index (χ0n) is 14.5. The molecule has 1 aliphatic heterocycles. The number of furan rings is 1. The number of likely N-dealkylation sites (N-methyl/N-ethyl adjacent to an activating group) is 1. The summed E-state index contributed by atoms with van der Waals surface area (Å²) in [6, 6.07) is 10.6. The van der Waals surface area contributed by atoms with Crippen LogP contribution in [-0.2, 0) is 27.3 Å². The number of benzene rings is 1. The summed E-state index contributed by atoms with van der Waals surface area (Å²) in [4.78, 5) is 29.0. The van der Waals surface area contributed by atoms with Crippen LogP contribution in [0.5, 0.6) is 0 Å². The normalized spacial score (nSPS) is 16.6. The van der Waals surface area contributed by atoms with Gasteiger partial charge in [-0.2, -0.15) is 0 Å². The van der Waals surface area contributed by atoms with E-state index < -0.39 is 6.04 Å². The Labute approximate surface area is 147 Å². The smallest absolute Gasteiger partial charge is 0.250 e. The van der Waals surface area contributed by atoms with Crippen LogP contribution in [0.1, 0.15) is 22.9 Å². The first-order chi connectivity index (χ1) is 12.1. The second-order valence-electron chi connectivity index (χ2n) is 6.13. The Balaban J connectivity index is 1.90. The third-order valence-electron chi connectivity index (χ3n) is 4.44. The van der Waals surface area contributed by atoms with Gasteiger partial charge in [-0.25, -0.2) is 0 Å². The average molecular weight is 342 g/mol. The van der Waals surface area contributed by atoms with Crippen LogP contribution in [0.2, 0.25) is 0 Å². The minimum Gasteiger partial charge on any atom is -0.467 e. The first-order valence-corrected chi connectivity index (χ1v) is 8.25. The predicted octanol–water partition coefficient (Wildman–Crippen LogP) is 2.01. The molecular weight excluding hydrogens is 320 g/mol. The molecule has 1 aliphatic rings. The van der Waals surface area contributed by atoms with Gasteiger partial charge in [0, 0.05) is 20.7 Å². The molecule has 0 fully saturated rings. The van der Waals surface area contributed by atoms with Gasteiger partial charge >= 0.3 is 0 Å². The number of nitrogens with zero attached hydrogens (tertiary/aromatic N) is 2. The lowest BCUT2D eigenvalue weighted by atomic mass is 9.91. The van der Waals surface area contributed by atoms with Crippen LogP contribution in [0, 0.1) is 0 Å². The van der Waals surface area contributed by atoms with Crippen LogP contribution in [0.15, 0.2) is 47.1 Å². The summed E-state index contributed by atoms with van der Waals surface area (Å²) >= 11 is 0. The van der Waals surface area contributed by atoms with Crippen LogP contribution in [0.4, 0.5) is 0 Å². The van der Waals surface area contributed by atoms with Crippen LogP contribution >= 0.6 is 0 Å². The molecule has 0 spiro atoms. The molecule has 1 aromatic carbocycles. The van der Waals surface area contributed by atoms with E-state index in [2.05, 4.69) is 0 Å². The van der Waals surface area contributed by atoms with E-state index in [4.69, 9.17) is 9.15 Å². The summed E-state index contributed by atoms with van der Waals surface area (Å²) in [6.45, 7) is 1.13. The van der Waals surface area contributed by atoms with Crippen molar-refractivity contribution in [2.75, 3.05) is 27.3 Å². The zero-order valence-corrected chi connectivity index (χ0v) is 14.5. The Morgan fingerprint density at radius 3 is 2.84 bits per heavy atom. The lowest BCUT2D eigenvalue weighted by molar-refractivity contribution is -0.147. The monoisotopic (exact) mass is 342 g/mol. The summed E-state index contributed by atoms with van der Waals surface area (Å²) in [5.41, 5.74) is 1.79. The highest BCUT2D eigenvalue weighted by Gasteiger charge is 2.38. The van der Waals surface area contributed by atoms with E-state index in [1.54, 1.807) is 36.3 Å². The van der Waals surface area contributed by atoms with Crippen molar-refractivity contribution in [1.82, 2.24) is 9.80 Å². The van der Waals surface area contributed by atoms with Crippen LogP contribution in [0.3, 0.4) is 0 Å². The quantitative estimate of drug-likeness (QED) is 0.806. The van der Waals surface area contributed by atoms with E-state index in [1.165, 1.54) is 0 Å². The molecule has 6 nitrogen and oxygen atoms in total. The molecular formula is C19H22N2O4. The van der Waals surface area contributed by atoms with Crippen molar-refractivity contribution >= 4 is 11.8 Å². The van der Waals surface area contributed by atoms with Gasteiger partial charge in [0.2, 0.25) is 11.8 Å². The molecule has 132 valence electrons. The summed E-state index contributed by atoms with van der Waals surface area (Å²) in [7, 11) is 3.31. The summed E-state index contributed by atoms with van der Waals surface area (Å²) in [6.07, 6.45) is 1.89. The fourth-order valence-electron chi connectivity index (χ4n) is 3.17. The Hall–Kier alpha value is -2.60. The van der Waals surface area contributed by atoms with Crippen molar-refractivity contribution in [1.29, 1.82) is 0 Å². The predicted molar refractivity (Wildman–Crippen MR) is 91.7 cm³/mol. The molecule has 0 saturated heterocycles. The molecule has 2 heterocycles. The number of carbonyl (C=O) groups excluding carboxylic acids is 2. The number of hydrogen-bond acceptors (Lipinski definition) is 4. The number of rotatable bonds is 6. The first-order valence-electron chi connectivity index (χ1n) is 8.25. The van der Waals surface area contributed by atoms with Gasteiger partial charge in [0.05, 0.1) is 25.8 Å². The summed E-state index contributed by atoms with van der Waals surface area (Å²) in [5, 5.41) is 0. The van der Waals surface area contributed by atoms with Gasteiger partial charge in [-0.3, -0.25) is 9.59 Å². The first kappa shape index (κ1) is 17.2. The number of hydrogen-bond donors (Lipinski definition) is 0. The lowest BCUT2D eigenvalue weighted by Gasteiger charge is -2.37. The molecule has 25 heavy (non-hydrogen) atoms. The molecule has 0 radical (unpaired) electrons. The molecule has 0 N–H and O–H groups in total. The molecule has 1 aromatic heterocycles. The Bertz CT molecular complexity index is 742. The molecule has 0 bridgehead atoms. The fourth-order valence-corrected chi connectivity index (χ4v) is 3.17. The summed E-state index contributed by atoms with van der Waals surface area (Å²) in [5.74, 6) is 0.517. The van der Waals surface area contributed by atoms with Gasteiger partial charge in [-0.1, -0.05) is 24.3 Å². The molecule has 0 saturated carbocycles. The SMILES string of the molecule is COCCN1C(=O)Cc2ccccc2[C@H]1C(=O)N(C)Cc1ccco1. The maximum Gasteiger partial charge on any atom is 0.250 e. The third-order valence-corrected chi connectivity index (χ3v) is 4.44. The molecule has 1 atom stereocenters. The average Bonchev–Trinajstić information content (AvgIpc) is 3.11. The summed E-state index contributed by atoms with van der Waals surface area (Å²) < 4.78 is 10.5. The maximum atomic E-state index is 13.2. The minimum atomic E-state index is -0.632. The number of fused-ring (bicyclic) bond motifs is 1. The van der Waals surface area contributed by atoms with Crippen molar-refractivity contribution in [2.45, 2.75) is 19.0 Å². The number of ether oxygens (including phenoxy) is 1. The standard InChI is InChI=1S/C19H22N2O4/c1-20(13-15-7-5-10-25-15)19(23)18-16-8-4-3-6-14(16)12-17(22)21(18)9-11-24-2/h3-8,10,18H,9,11-13H2,1-2H3/t18-/m0/s1. The van der Waals surface area contributed by atoms with Gasteiger partial charge in [0.15, 0.2) is 0 Å². The molecule has 2 amide bonds. The van der Waals surface area contributed by atoms with E-state index in [-0.39, 0.29) is 11.8 Å². The third kappa shape index (κ3) is 3.58. The van der Waals surface area contributed by atoms with Crippen LogP contribution < -0.4 is 0 Å². The van der Waals surface area contributed by atoms with Gasteiger partial charge in [-0.05, 0) is 23.3 Å². The number of carbonyl (C=O) groups is 2. The highest BCUT2D eigenvalue weighted by atomic mass is 16.5. The van der Waals surface area contributed by atoms with E-state index in [0.29, 0.717) is 31.9 Å². The Morgan fingerprint density at radius 2 is 2.12 bits per heavy atom. The molecule has 6 heteroatoms. The maximum absolute atomic E-state index is 13.2. The van der Waals surface area contributed by atoms with E-state index in [0.717, 1.165) is 11.1 Å². The van der Waals surface area contributed by atoms with Gasteiger partial charge in [-0.15, -0.1) is 0 Å². The van der Waals surface area contributed by atoms with Crippen molar-refractivity contribution in [3.63, 3.8) is 0 Å². The largest absolute Gasteiger partial charge is 0.467 e. The van der Waals surface area contributed by atoms with Gasteiger partial charge in [0.1, 0.15) is 11.8 Å². The highest BCUT2D eigenvalue weighted by molar-refractivity contribution is 5.92. The van der Waals surface area contributed by atoms with Gasteiger partial charge in [0.25, 0.3) is 0 Å². The fraction of sp³-hybridized carbons (Fsp3) is 0.368. The van der Waals surface area contributed by atoms with E-state index >= 15 is 0 Å². The van der Waals surface area contributed by atoms with Crippen LogP contribution in [0.25, 0.3) is 0 Å². The molecule has 2 aromatic rings. The van der Waals surface area contributed by atoms with Crippen molar-refractivity contribution < 1.29 is 18.7 Å². The molecule has 0 aliphatic carbocycles. The van der Waals surface area contributed by atoms with E-state index in [9.17, 15) is 9.59 Å². The second-order valence-corrected chi connectivity index (χ2v) is 6.13.